The van der Waals surface area contributed by atoms with Crippen LogP contribution in [0.4, 0.5) is 11.4 Å². The van der Waals surface area contributed by atoms with Gasteiger partial charge in [0, 0.05) is 22.7 Å². The van der Waals surface area contributed by atoms with Crippen LogP contribution in [0.15, 0.2) is 42.5 Å². The summed E-state index contributed by atoms with van der Waals surface area (Å²) in [6.07, 6.45) is 2.95. The second-order valence-corrected chi connectivity index (χ2v) is 11.8. The molecule has 8 heteroatoms. The zero-order valence-corrected chi connectivity index (χ0v) is 21.5. The van der Waals surface area contributed by atoms with Crippen LogP contribution in [-0.2, 0) is 9.59 Å². The minimum atomic E-state index is -0.616. The number of rotatable bonds is 3. The van der Waals surface area contributed by atoms with E-state index < -0.39 is 16.8 Å². The number of carbonyl (C=O) groups is 2. The van der Waals surface area contributed by atoms with Crippen molar-refractivity contribution in [2.24, 2.45) is 23.2 Å². The number of para-hydroxylation sites is 1. The molecule has 37 heavy (non-hydrogen) atoms. The monoisotopic (exact) mass is 501 g/mol. The van der Waals surface area contributed by atoms with Gasteiger partial charge in [-0.25, -0.2) is 4.90 Å². The van der Waals surface area contributed by atoms with Crippen LogP contribution in [0.1, 0.15) is 63.1 Å². The van der Waals surface area contributed by atoms with E-state index in [1.807, 2.05) is 18.2 Å². The maximum absolute atomic E-state index is 14.2. The lowest BCUT2D eigenvalue weighted by molar-refractivity contribution is -0.384. The van der Waals surface area contributed by atoms with E-state index in [9.17, 15) is 19.7 Å². The number of hydrogen-bond acceptors (Lipinski definition) is 5. The zero-order valence-electron chi connectivity index (χ0n) is 21.5. The summed E-state index contributed by atoms with van der Waals surface area (Å²) in [6.45, 7) is 6.77. The van der Waals surface area contributed by atoms with Gasteiger partial charge in [0.15, 0.2) is 0 Å². The molecular weight excluding hydrogens is 470 g/mol. The SMILES string of the molecule is COc1cc([N+](=O)[O-])ccc1N1C(=O)[C@@H]2[C@@H]3C[C@H](C(C)(C)C)CC[C@H]3c3c([nH]c4ccccc34)[C@H]2C1=O. The van der Waals surface area contributed by atoms with E-state index in [0.29, 0.717) is 5.92 Å². The Morgan fingerprint density at radius 1 is 1.08 bits per heavy atom. The summed E-state index contributed by atoms with van der Waals surface area (Å²) in [5, 5.41) is 12.5. The molecule has 2 aliphatic carbocycles. The molecule has 0 spiro atoms. The third-order valence-electron chi connectivity index (χ3n) is 9.01. The molecule has 1 saturated heterocycles. The molecule has 2 heterocycles. The Hall–Kier alpha value is -3.68. The fraction of sp³-hybridized carbons (Fsp3) is 0.448. The molecule has 3 aromatic rings. The highest BCUT2D eigenvalue weighted by molar-refractivity contribution is 6.25. The Balaban J connectivity index is 1.52. The van der Waals surface area contributed by atoms with Gasteiger partial charge in [0.25, 0.3) is 5.69 Å². The topological polar surface area (TPSA) is 106 Å². The molecule has 1 aromatic heterocycles. The van der Waals surface area contributed by atoms with Crippen molar-refractivity contribution >= 4 is 34.1 Å². The van der Waals surface area contributed by atoms with Crippen LogP contribution in [0.25, 0.3) is 10.9 Å². The van der Waals surface area contributed by atoms with E-state index in [-0.39, 0.29) is 46.2 Å². The molecule has 1 saturated carbocycles. The van der Waals surface area contributed by atoms with Crippen LogP contribution in [0.5, 0.6) is 5.75 Å². The lowest BCUT2D eigenvalue weighted by Gasteiger charge is -2.47. The van der Waals surface area contributed by atoms with Crippen LogP contribution < -0.4 is 9.64 Å². The number of aromatic nitrogens is 1. The quantitative estimate of drug-likeness (QED) is 0.273. The number of aromatic amines is 1. The predicted molar refractivity (Wildman–Crippen MR) is 140 cm³/mol. The van der Waals surface area contributed by atoms with Crippen molar-refractivity contribution in [3.05, 3.63) is 63.8 Å². The smallest absolute Gasteiger partial charge is 0.273 e. The van der Waals surface area contributed by atoms with Gasteiger partial charge in [0.1, 0.15) is 5.75 Å². The van der Waals surface area contributed by atoms with Gasteiger partial charge in [-0.05, 0) is 60.1 Å². The van der Waals surface area contributed by atoms with Crippen LogP contribution in [-0.4, -0.2) is 28.8 Å². The lowest BCUT2D eigenvalue weighted by Crippen LogP contribution is -2.41. The summed E-state index contributed by atoms with van der Waals surface area (Å²) in [4.78, 5) is 43.8. The molecule has 1 aliphatic heterocycles. The van der Waals surface area contributed by atoms with Crippen molar-refractivity contribution in [2.45, 2.75) is 51.9 Å². The summed E-state index contributed by atoms with van der Waals surface area (Å²) < 4.78 is 5.43. The molecule has 0 bridgehead atoms. The Morgan fingerprint density at radius 3 is 2.54 bits per heavy atom. The number of nitro groups is 1. The maximum atomic E-state index is 14.2. The maximum Gasteiger partial charge on any atom is 0.273 e. The van der Waals surface area contributed by atoms with Crippen molar-refractivity contribution < 1.29 is 19.2 Å². The first-order valence-electron chi connectivity index (χ1n) is 12.9. The van der Waals surface area contributed by atoms with E-state index in [2.05, 4.69) is 31.8 Å². The molecule has 6 rings (SSSR count). The average molecular weight is 502 g/mol. The van der Waals surface area contributed by atoms with Gasteiger partial charge in [-0.1, -0.05) is 39.0 Å². The zero-order chi connectivity index (χ0) is 26.2. The Kier molecular flexibility index (Phi) is 5.23. The first kappa shape index (κ1) is 23.7. The number of methoxy groups -OCH3 is 1. The number of nitrogens with one attached hydrogen (secondary N) is 1. The van der Waals surface area contributed by atoms with E-state index in [4.69, 9.17) is 4.74 Å². The number of ether oxygens (including phenoxy) is 1. The van der Waals surface area contributed by atoms with Crippen molar-refractivity contribution in [1.82, 2.24) is 4.98 Å². The van der Waals surface area contributed by atoms with E-state index in [0.717, 1.165) is 35.9 Å². The number of nitrogens with zero attached hydrogens (tertiary/aromatic N) is 2. The molecule has 2 aromatic carbocycles. The number of amides is 2. The number of non-ortho nitro benzene ring substituents is 1. The summed E-state index contributed by atoms with van der Waals surface area (Å²) >= 11 is 0. The van der Waals surface area contributed by atoms with Crippen molar-refractivity contribution in [3.63, 3.8) is 0 Å². The molecule has 5 atom stereocenters. The third kappa shape index (κ3) is 3.41. The summed E-state index contributed by atoms with van der Waals surface area (Å²) in [7, 11) is 1.39. The number of fused-ring (bicyclic) bond motifs is 8. The predicted octanol–water partition coefficient (Wildman–Crippen LogP) is 5.92. The molecule has 8 nitrogen and oxygen atoms in total. The molecule has 2 fully saturated rings. The highest BCUT2D eigenvalue weighted by atomic mass is 16.6. The summed E-state index contributed by atoms with van der Waals surface area (Å²) in [5.74, 6) is -0.812. The van der Waals surface area contributed by atoms with Gasteiger partial charge in [0.2, 0.25) is 11.8 Å². The van der Waals surface area contributed by atoms with Crippen molar-refractivity contribution in [2.75, 3.05) is 12.0 Å². The largest absolute Gasteiger partial charge is 0.494 e. The highest BCUT2D eigenvalue weighted by Gasteiger charge is 2.60. The minimum Gasteiger partial charge on any atom is -0.494 e. The number of hydrogen-bond donors (Lipinski definition) is 1. The number of nitro benzene ring substituents is 1. The Morgan fingerprint density at radius 2 is 1.84 bits per heavy atom. The first-order chi connectivity index (χ1) is 17.6. The summed E-state index contributed by atoms with van der Waals surface area (Å²) in [6, 6.07) is 12.2. The number of H-pyrrole nitrogens is 1. The van der Waals surface area contributed by atoms with Crippen LogP contribution in [0, 0.1) is 33.3 Å². The third-order valence-corrected chi connectivity index (χ3v) is 9.01. The fourth-order valence-electron chi connectivity index (χ4n) is 7.20. The van der Waals surface area contributed by atoms with Gasteiger partial charge in [-0.3, -0.25) is 19.7 Å². The number of imide groups is 1. The molecule has 1 N–H and O–H groups in total. The van der Waals surface area contributed by atoms with E-state index in [1.54, 1.807) is 0 Å². The summed E-state index contributed by atoms with van der Waals surface area (Å²) in [5.41, 5.74) is 3.23. The van der Waals surface area contributed by atoms with Gasteiger partial charge >= 0.3 is 0 Å². The standard InChI is InChI=1S/C29H31N3O5/c1-29(2,3)15-9-11-17-19(13-15)24-25(26-23(17)18-7-5-6-8-20(18)30-26)28(34)31(27(24)33)21-12-10-16(32(35)36)14-22(21)37-4/h5-8,10,12,14-15,17,19,24-25,30H,9,11,13H2,1-4H3/t15-,17-,19-,24-,25+/m1/s1. The second kappa shape index (κ2) is 8.16. The van der Waals surface area contributed by atoms with Gasteiger partial charge in [-0.2, -0.15) is 0 Å². The second-order valence-electron chi connectivity index (χ2n) is 11.8. The minimum absolute atomic E-state index is 0.0418. The molecule has 0 radical (unpaired) electrons. The van der Waals surface area contributed by atoms with Gasteiger partial charge < -0.3 is 9.72 Å². The number of carbonyl (C=O) groups excluding carboxylic acids is 2. The number of benzene rings is 2. The molecule has 3 aliphatic rings. The van der Waals surface area contributed by atoms with Gasteiger partial charge in [0.05, 0.1) is 35.6 Å². The Bertz CT molecular complexity index is 1450. The fourth-order valence-corrected chi connectivity index (χ4v) is 7.20. The normalized spacial score (nSPS) is 27.1. The van der Waals surface area contributed by atoms with Crippen molar-refractivity contribution in [1.29, 1.82) is 0 Å². The van der Waals surface area contributed by atoms with E-state index >= 15 is 0 Å². The molecule has 0 unspecified atom stereocenters. The van der Waals surface area contributed by atoms with Gasteiger partial charge in [-0.15, -0.1) is 0 Å². The van der Waals surface area contributed by atoms with E-state index in [1.165, 1.54) is 35.8 Å². The lowest BCUT2D eigenvalue weighted by atomic mass is 9.56. The van der Waals surface area contributed by atoms with Crippen LogP contribution >= 0.6 is 0 Å². The van der Waals surface area contributed by atoms with Crippen molar-refractivity contribution in [3.8, 4) is 5.75 Å². The van der Waals surface area contributed by atoms with Crippen LogP contribution in [0.3, 0.4) is 0 Å². The molecule has 192 valence electrons. The van der Waals surface area contributed by atoms with Crippen LogP contribution in [0.2, 0.25) is 0 Å². The average Bonchev–Trinajstić information content (AvgIpc) is 3.38. The highest BCUT2D eigenvalue weighted by Crippen LogP contribution is 2.60. The number of anilines is 1. The Labute approximate surface area is 215 Å². The molecule has 2 amide bonds. The first-order valence-corrected chi connectivity index (χ1v) is 12.9. The molecular formula is C29H31N3O5.